The van der Waals surface area contributed by atoms with Crippen LogP contribution in [0.15, 0.2) is 68.9 Å². The fourth-order valence-corrected chi connectivity index (χ4v) is 8.21. The van der Waals surface area contributed by atoms with Crippen molar-refractivity contribution in [3.05, 3.63) is 79.2 Å². The van der Waals surface area contributed by atoms with E-state index in [0.29, 0.717) is 37.0 Å². The first-order valence-corrected chi connectivity index (χ1v) is 14.4. The molecule has 3 aliphatic heterocycles. The van der Waals surface area contributed by atoms with Crippen LogP contribution >= 0.6 is 39.0 Å². The standard InChI is InChI=1S/C26H22BrN3O5S2/c27-16-6-8-17(9-7-16)30-23(32)20-19(15-4-2-1-3-5-15)22-25(36-21(20)24(30)33)29(26(34)37-22)14-18(31)28-10-12-35-13-11-28/h1-9,19-21H,10-14H2/t19-,20+,21-/m0/s1. The fraction of sp³-hybridized carbons (Fsp3) is 0.308. The highest BCUT2D eigenvalue weighted by molar-refractivity contribution is 9.10. The summed E-state index contributed by atoms with van der Waals surface area (Å²) in [6.45, 7) is 1.81. The first-order chi connectivity index (χ1) is 17.9. The van der Waals surface area contributed by atoms with Gasteiger partial charge in [-0.3, -0.25) is 23.7 Å². The number of fused-ring (bicyclic) bond motifs is 2. The van der Waals surface area contributed by atoms with Gasteiger partial charge in [-0.15, -0.1) is 0 Å². The van der Waals surface area contributed by atoms with Crippen molar-refractivity contribution in [1.82, 2.24) is 9.47 Å². The van der Waals surface area contributed by atoms with Crippen molar-refractivity contribution in [2.75, 3.05) is 31.2 Å². The van der Waals surface area contributed by atoms with Gasteiger partial charge in [0.1, 0.15) is 11.8 Å². The largest absolute Gasteiger partial charge is 0.378 e. The summed E-state index contributed by atoms with van der Waals surface area (Å²) in [5.74, 6) is -1.86. The van der Waals surface area contributed by atoms with Crippen LogP contribution in [0.1, 0.15) is 16.4 Å². The molecule has 0 unspecified atom stereocenters. The average molecular weight is 601 g/mol. The Bertz CT molecular complexity index is 1430. The molecule has 37 heavy (non-hydrogen) atoms. The lowest BCUT2D eigenvalue weighted by Gasteiger charge is -2.31. The third kappa shape index (κ3) is 4.27. The number of benzene rings is 2. The number of thiazole rings is 1. The fourth-order valence-electron chi connectivity index (χ4n) is 5.17. The highest BCUT2D eigenvalue weighted by atomic mass is 79.9. The molecule has 3 amide bonds. The summed E-state index contributed by atoms with van der Waals surface area (Å²) in [6, 6.07) is 16.6. The van der Waals surface area contributed by atoms with Crippen LogP contribution in [0.2, 0.25) is 0 Å². The number of imide groups is 1. The number of halogens is 1. The number of anilines is 1. The first kappa shape index (κ1) is 24.6. The molecule has 8 nitrogen and oxygen atoms in total. The molecule has 2 fully saturated rings. The van der Waals surface area contributed by atoms with Crippen LogP contribution in [-0.2, 0) is 25.7 Å². The smallest absolute Gasteiger partial charge is 0.308 e. The average Bonchev–Trinajstić information content (AvgIpc) is 3.36. The number of nitrogens with zero attached hydrogens (tertiary/aromatic N) is 3. The molecule has 3 aliphatic rings. The third-order valence-electron chi connectivity index (χ3n) is 6.95. The van der Waals surface area contributed by atoms with E-state index in [9.17, 15) is 19.2 Å². The van der Waals surface area contributed by atoms with E-state index >= 15 is 0 Å². The number of thioether (sulfide) groups is 1. The van der Waals surface area contributed by atoms with Crippen molar-refractivity contribution in [3.63, 3.8) is 0 Å². The predicted octanol–water partition coefficient (Wildman–Crippen LogP) is 3.33. The van der Waals surface area contributed by atoms with Gasteiger partial charge < -0.3 is 9.64 Å². The topological polar surface area (TPSA) is 88.9 Å². The van der Waals surface area contributed by atoms with Gasteiger partial charge in [0.2, 0.25) is 17.7 Å². The summed E-state index contributed by atoms with van der Waals surface area (Å²) in [7, 11) is 0. The van der Waals surface area contributed by atoms with Crippen LogP contribution in [-0.4, -0.2) is 58.7 Å². The van der Waals surface area contributed by atoms with Gasteiger partial charge in [0, 0.05) is 28.4 Å². The number of hydrogen-bond acceptors (Lipinski definition) is 7. The van der Waals surface area contributed by atoms with Crippen LogP contribution in [0.3, 0.4) is 0 Å². The maximum Gasteiger partial charge on any atom is 0.308 e. The number of morpholine rings is 1. The van der Waals surface area contributed by atoms with Crippen molar-refractivity contribution in [1.29, 1.82) is 0 Å². The normalized spacial score (nSPS) is 23.2. The molecule has 2 aromatic carbocycles. The Labute approximate surface area is 229 Å². The van der Waals surface area contributed by atoms with Gasteiger partial charge >= 0.3 is 4.87 Å². The Hall–Kier alpha value is -2.73. The lowest BCUT2D eigenvalue weighted by atomic mass is 9.83. The highest BCUT2D eigenvalue weighted by Crippen LogP contribution is 2.53. The molecule has 2 saturated heterocycles. The van der Waals surface area contributed by atoms with Crippen molar-refractivity contribution in [3.8, 4) is 0 Å². The Kier molecular flexibility index (Phi) is 6.56. The van der Waals surface area contributed by atoms with Gasteiger partial charge in [-0.2, -0.15) is 0 Å². The molecule has 0 aliphatic carbocycles. The summed E-state index contributed by atoms with van der Waals surface area (Å²) in [5.41, 5.74) is 1.38. The molecule has 0 bridgehead atoms. The molecule has 4 heterocycles. The van der Waals surface area contributed by atoms with Gasteiger partial charge in [-0.25, -0.2) is 4.90 Å². The molecule has 0 radical (unpaired) electrons. The van der Waals surface area contributed by atoms with Crippen LogP contribution in [0, 0.1) is 5.92 Å². The van der Waals surface area contributed by atoms with Gasteiger partial charge in [0.15, 0.2) is 0 Å². The molecule has 6 rings (SSSR count). The van der Waals surface area contributed by atoms with E-state index in [1.165, 1.54) is 21.2 Å². The molecular weight excluding hydrogens is 578 g/mol. The van der Waals surface area contributed by atoms with Crippen LogP contribution < -0.4 is 9.77 Å². The second kappa shape index (κ2) is 9.86. The second-order valence-corrected chi connectivity index (χ2v) is 12.1. The van der Waals surface area contributed by atoms with Gasteiger partial charge in [0.05, 0.1) is 29.8 Å². The number of amides is 3. The zero-order chi connectivity index (χ0) is 25.7. The first-order valence-electron chi connectivity index (χ1n) is 11.9. The van der Waals surface area contributed by atoms with Crippen LogP contribution in [0.4, 0.5) is 5.69 Å². The number of carbonyl (C=O) groups is 3. The summed E-state index contributed by atoms with van der Waals surface area (Å²) >= 11 is 5.70. The molecule has 0 saturated carbocycles. The third-order valence-corrected chi connectivity index (χ3v) is 10.1. The molecule has 3 aromatic rings. The van der Waals surface area contributed by atoms with Gasteiger partial charge in [-0.05, 0) is 29.8 Å². The zero-order valence-electron chi connectivity index (χ0n) is 19.5. The second-order valence-electron chi connectivity index (χ2n) is 9.06. The van der Waals surface area contributed by atoms with Crippen LogP contribution in [0.25, 0.3) is 0 Å². The highest BCUT2D eigenvalue weighted by Gasteiger charge is 2.56. The Morgan fingerprint density at radius 3 is 2.38 bits per heavy atom. The van der Waals surface area contributed by atoms with E-state index in [1.54, 1.807) is 29.2 Å². The summed E-state index contributed by atoms with van der Waals surface area (Å²) in [5, 5.41) is -0.0990. The van der Waals surface area contributed by atoms with Gasteiger partial charge in [0.25, 0.3) is 0 Å². The number of aromatic nitrogens is 1. The quantitative estimate of drug-likeness (QED) is 0.427. The van der Waals surface area contributed by atoms with E-state index in [0.717, 1.165) is 26.3 Å². The molecule has 3 atom stereocenters. The minimum Gasteiger partial charge on any atom is -0.378 e. The molecule has 0 N–H and O–H groups in total. The number of hydrogen-bond donors (Lipinski definition) is 0. The maximum atomic E-state index is 13.8. The van der Waals surface area contributed by atoms with E-state index in [4.69, 9.17) is 4.74 Å². The Morgan fingerprint density at radius 1 is 0.973 bits per heavy atom. The van der Waals surface area contributed by atoms with Crippen LogP contribution in [0.5, 0.6) is 0 Å². The predicted molar refractivity (Wildman–Crippen MR) is 144 cm³/mol. The lowest BCUT2D eigenvalue weighted by molar-refractivity contribution is -0.136. The van der Waals surface area contributed by atoms with Crippen molar-refractivity contribution in [2.45, 2.75) is 22.7 Å². The summed E-state index contributed by atoms with van der Waals surface area (Å²) < 4.78 is 7.67. The molecule has 1 aromatic heterocycles. The van der Waals surface area contributed by atoms with E-state index in [-0.39, 0.29) is 29.1 Å². The number of ether oxygens (including phenoxy) is 1. The van der Waals surface area contributed by atoms with Crippen molar-refractivity contribution < 1.29 is 19.1 Å². The van der Waals surface area contributed by atoms with Gasteiger partial charge in [-0.1, -0.05) is 69.4 Å². The summed E-state index contributed by atoms with van der Waals surface area (Å²) in [6.07, 6.45) is 0. The van der Waals surface area contributed by atoms with Crippen molar-refractivity contribution >= 4 is 62.4 Å². The minimum absolute atomic E-state index is 0.102. The Morgan fingerprint density at radius 2 is 1.68 bits per heavy atom. The maximum absolute atomic E-state index is 13.8. The number of rotatable bonds is 4. The molecule has 11 heteroatoms. The number of carbonyl (C=O) groups excluding carboxylic acids is 3. The van der Waals surface area contributed by atoms with Crippen molar-refractivity contribution in [2.24, 2.45) is 5.92 Å². The monoisotopic (exact) mass is 599 g/mol. The minimum atomic E-state index is -0.701. The zero-order valence-corrected chi connectivity index (χ0v) is 22.8. The van der Waals surface area contributed by atoms with E-state index in [1.807, 2.05) is 30.3 Å². The van der Waals surface area contributed by atoms with E-state index in [2.05, 4.69) is 15.9 Å². The molecular formula is C26H22BrN3O5S2. The lowest BCUT2D eigenvalue weighted by Crippen LogP contribution is -2.43. The molecule has 0 spiro atoms. The molecule has 190 valence electrons. The van der Waals surface area contributed by atoms with E-state index < -0.39 is 17.1 Å². The summed E-state index contributed by atoms with van der Waals surface area (Å²) in [4.78, 5) is 57.2. The SMILES string of the molecule is O=C(Cn1c2c(sc1=O)[C@@H](c1ccccc1)[C@H]1C(=O)N(c3ccc(Br)cc3)C(=O)[C@H]1S2)N1CCOCC1. The Balaban J connectivity index is 1.42.